The van der Waals surface area contributed by atoms with Crippen molar-refractivity contribution in [2.45, 2.75) is 51.9 Å². The molecule has 5 rings (SSSR count). The van der Waals surface area contributed by atoms with Gasteiger partial charge in [-0.3, -0.25) is 19.1 Å². The van der Waals surface area contributed by atoms with Crippen molar-refractivity contribution in [2.24, 2.45) is 0 Å². The summed E-state index contributed by atoms with van der Waals surface area (Å²) in [5.41, 5.74) is 3.62. The van der Waals surface area contributed by atoms with E-state index in [-0.39, 0.29) is 17.2 Å². The zero-order valence-electron chi connectivity index (χ0n) is 22.1. The molecule has 0 saturated carbocycles. The molecule has 38 heavy (non-hydrogen) atoms. The van der Waals surface area contributed by atoms with Gasteiger partial charge >= 0.3 is 0 Å². The number of aryl methyl sites for hydroxylation is 1. The van der Waals surface area contributed by atoms with Gasteiger partial charge in [-0.05, 0) is 76.1 Å². The van der Waals surface area contributed by atoms with Crippen LogP contribution < -0.4 is 15.6 Å². The summed E-state index contributed by atoms with van der Waals surface area (Å²) in [6.07, 6.45) is 0.843. The van der Waals surface area contributed by atoms with Gasteiger partial charge < -0.3 is 10.1 Å². The number of nitrogens with one attached hydrogen (secondary N) is 1. The van der Waals surface area contributed by atoms with Crippen molar-refractivity contribution >= 4 is 44.9 Å². The number of aromatic nitrogens is 2. The fourth-order valence-electron chi connectivity index (χ4n) is 4.63. The number of anilines is 1. The number of benzene rings is 2. The van der Waals surface area contributed by atoms with E-state index in [0.29, 0.717) is 23.5 Å². The molecule has 0 saturated heterocycles. The van der Waals surface area contributed by atoms with Gasteiger partial charge in [-0.1, -0.05) is 29.5 Å². The van der Waals surface area contributed by atoms with Crippen LogP contribution >= 0.6 is 23.1 Å². The van der Waals surface area contributed by atoms with Gasteiger partial charge in [-0.15, -0.1) is 11.3 Å². The molecule has 4 aromatic rings. The molecule has 0 atom stereocenters. The number of carbonyl (C=O) groups excluding carboxylic acids is 1. The highest BCUT2D eigenvalue weighted by Gasteiger charge is 2.26. The molecule has 1 aliphatic heterocycles. The molecule has 198 valence electrons. The summed E-state index contributed by atoms with van der Waals surface area (Å²) in [7, 11) is 0. The van der Waals surface area contributed by atoms with E-state index in [1.807, 2.05) is 62.4 Å². The number of hydrogen-bond donors (Lipinski definition) is 1. The molecule has 0 spiro atoms. The Balaban J connectivity index is 1.46. The van der Waals surface area contributed by atoms with Gasteiger partial charge in [0.05, 0.1) is 23.4 Å². The maximum absolute atomic E-state index is 14.0. The van der Waals surface area contributed by atoms with Crippen LogP contribution in [0.1, 0.15) is 36.8 Å². The molecule has 7 nitrogen and oxygen atoms in total. The summed E-state index contributed by atoms with van der Waals surface area (Å²) in [4.78, 5) is 36.2. The van der Waals surface area contributed by atoms with Gasteiger partial charge in [0, 0.05) is 29.7 Å². The van der Waals surface area contributed by atoms with Gasteiger partial charge in [0.25, 0.3) is 5.56 Å². The number of thiophene rings is 1. The van der Waals surface area contributed by atoms with Crippen LogP contribution in [0.2, 0.25) is 0 Å². The summed E-state index contributed by atoms with van der Waals surface area (Å²) in [5, 5.41) is 4.16. The van der Waals surface area contributed by atoms with Crippen LogP contribution in [0.3, 0.4) is 0 Å². The smallest absolute Gasteiger partial charge is 0.267 e. The van der Waals surface area contributed by atoms with Crippen LogP contribution in [0, 0.1) is 6.92 Å². The minimum atomic E-state index is -0.165. The molecular weight excluding hydrogens is 516 g/mol. The van der Waals surface area contributed by atoms with E-state index in [4.69, 9.17) is 9.72 Å². The Kier molecular flexibility index (Phi) is 7.88. The summed E-state index contributed by atoms with van der Waals surface area (Å²) in [6.45, 7) is 10.7. The van der Waals surface area contributed by atoms with Crippen LogP contribution in [0.15, 0.2) is 58.5 Å². The molecule has 0 fully saturated rings. The monoisotopic (exact) mass is 548 g/mol. The summed E-state index contributed by atoms with van der Waals surface area (Å²) >= 11 is 2.88. The lowest BCUT2D eigenvalue weighted by Gasteiger charge is -2.30. The summed E-state index contributed by atoms with van der Waals surface area (Å²) < 4.78 is 7.13. The van der Waals surface area contributed by atoms with E-state index >= 15 is 0 Å². The van der Waals surface area contributed by atoms with Gasteiger partial charge in [-0.25, -0.2) is 4.98 Å². The Hall–Kier alpha value is -3.14. The topological polar surface area (TPSA) is 76.5 Å². The largest absolute Gasteiger partial charge is 0.494 e. The molecule has 3 heterocycles. The van der Waals surface area contributed by atoms with E-state index in [0.717, 1.165) is 52.3 Å². The van der Waals surface area contributed by atoms with Crippen LogP contribution in [0.5, 0.6) is 5.75 Å². The molecule has 1 N–H and O–H groups in total. The number of ether oxygens (including phenoxy) is 1. The van der Waals surface area contributed by atoms with Crippen molar-refractivity contribution in [3.63, 3.8) is 0 Å². The highest BCUT2D eigenvalue weighted by atomic mass is 32.2. The molecule has 1 amide bonds. The number of fused-ring (bicyclic) bond motifs is 3. The number of amides is 1. The molecule has 2 aromatic heterocycles. The zero-order valence-corrected chi connectivity index (χ0v) is 23.7. The van der Waals surface area contributed by atoms with Gasteiger partial charge in [0.15, 0.2) is 5.16 Å². The number of hydrogen-bond acceptors (Lipinski definition) is 7. The second kappa shape index (κ2) is 11.3. The number of thioether (sulfide) groups is 1. The predicted molar refractivity (Wildman–Crippen MR) is 156 cm³/mol. The van der Waals surface area contributed by atoms with Gasteiger partial charge in [0.2, 0.25) is 5.91 Å². The third-order valence-electron chi connectivity index (χ3n) is 6.68. The molecule has 0 unspecified atom stereocenters. The Morgan fingerprint density at radius 2 is 1.89 bits per heavy atom. The quantitative estimate of drug-likeness (QED) is 0.227. The Bertz CT molecular complexity index is 1510. The van der Waals surface area contributed by atoms with Crippen molar-refractivity contribution < 1.29 is 9.53 Å². The maximum atomic E-state index is 14.0. The molecule has 0 bridgehead atoms. The third-order valence-corrected chi connectivity index (χ3v) is 8.73. The first-order chi connectivity index (χ1) is 18.3. The van der Waals surface area contributed by atoms with E-state index in [1.165, 1.54) is 16.6 Å². The average Bonchev–Trinajstić information content (AvgIpc) is 3.27. The van der Waals surface area contributed by atoms with Crippen LogP contribution in [-0.2, 0) is 17.8 Å². The molecule has 2 aromatic carbocycles. The molecule has 9 heteroatoms. The van der Waals surface area contributed by atoms with Crippen molar-refractivity contribution in [3.8, 4) is 11.4 Å². The Labute approximate surface area is 230 Å². The fourth-order valence-corrected chi connectivity index (χ4v) is 6.73. The first-order valence-corrected chi connectivity index (χ1v) is 14.7. The van der Waals surface area contributed by atoms with E-state index < -0.39 is 0 Å². The number of nitrogens with zero attached hydrogens (tertiary/aromatic N) is 3. The lowest BCUT2D eigenvalue weighted by Crippen LogP contribution is -2.35. The number of carbonyl (C=O) groups is 1. The highest BCUT2D eigenvalue weighted by molar-refractivity contribution is 7.99. The third kappa shape index (κ3) is 5.50. The fraction of sp³-hybridized carbons (Fsp3) is 0.345. The van der Waals surface area contributed by atoms with Gasteiger partial charge in [-0.2, -0.15) is 0 Å². The van der Waals surface area contributed by atoms with Crippen molar-refractivity contribution in [3.05, 3.63) is 74.9 Å². The Morgan fingerprint density at radius 3 is 2.58 bits per heavy atom. The van der Waals surface area contributed by atoms with Gasteiger partial charge in [0.1, 0.15) is 10.6 Å². The second-order valence-electron chi connectivity index (χ2n) is 9.66. The van der Waals surface area contributed by atoms with Crippen molar-refractivity contribution in [1.82, 2.24) is 14.5 Å². The summed E-state index contributed by atoms with van der Waals surface area (Å²) in [6, 6.07) is 15.6. The Morgan fingerprint density at radius 1 is 1.16 bits per heavy atom. The van der Waals surface area contributed by atoms with E-state index in [9.17, 15) is 9.59 Å². The molecule has 1 aliphatic rings. The van der Waals surface area contributed by atoms with E-state index in [2.05, 4.69) is 24.1 Å². The van der Waals surface area contributed by atoms with Crippen molar-refractivity contribution in [2.75, 3.05) is 24.2 Å². The number of rotatable bonds is 8. The molecular formula is C29H32N4O3S2. The first-order valence-electron chi connectivity index (χ1n) is 12.9. The lowest BCUT2D eigenvalue weighted by molar-refractivity contribution is -0.113. The second-order valence-corrected chi connectivity index (χ2v) is 11.7. The first kappa shape index (κ1) is 26.5. The van der Waals surface area contributed by atoms with Crippen LogP contribution in [-0.4, -0.2) is 45.3 Å². The van der Waals surface area contributed by atoms with Crippen molar-refractivity contribution in [1.29, 1.82) is 0 Å². The maximum Gasteiger partial charge on any atom is 0.267 e. The highest BCUT2D eigenvalue weighted by Crippen LogP contribution is 2.35. The van der Waals surface area contributed by atoms with Crippen LogP contribution in [0.25, 0.3) is 15.9 Å². The molecule has 0 radical (unpaired) electrons. The minimum absolute atomic E-state index is 0.0660. The lowest BCUT2D eigenvalue weighted by atomic mass is 10.0. The zero-order chi connectivity index (χ0) is 26.8. The van der Waals surface area contributed by atoms with E-state index in [1.54, 1.807) is 15.9 Å². The minimum Gasteiger partial charge on any atom is -0.494 e. The summed E-state index contributed by atoms with van der Waals surface area (Å²) in [5.74, 6) is 0.722. The molecule has 0 aliphatic carbocycles. The van der Waals surface area contributed by atoms with Crippen LogP contribution in [0.4, 0.5) is 5.69 Å². The standard InChI is InChI=1S/C29H32N4O3S2/c1-5-36-22-12-8-20(9-13-22)30-25(34)17-37-29-31-27-26(23-14-15-32(18(2)3)16-24(23)38-27)28(35)33(29)21-10-6-19(4)7-11-21/h6-13,18H,5,14-17H2,1-4H3,(H,30,34). The average molecular weight is 549 g/mol. The SMILES string of the molecule is CCOc1ccc(NC(=O)CSc2nc3sc4c(c3c(=O)n2-c2ccc(C)cc2)CCN(C(C)C)C4)cc1. The predicted octanol–water partition coefficient (Wildman–Crippen LogP) is 5.65. The normalized spacial score (nSPS) is 13.6.